The van der Waals surface area contributed by atoms with Gasteiger partial charge in [0.25, 0.3) is 0 Å². The summed E-state index contributed by atoms with van der Waals surface area (Å²) in [6, 6.07) is 25.5. The molecule has 0 amide bonds. The van der Waals surface area contributed by atoms with E-state index in [0.29, 0.717) is 27.8 Å². The van der Waals surface area contributed by atoms with Gasteiger partial charge in [0.1, 0.15) is 5.75 Å². The Labute approximate surface area is 203 Å². The monoisotopic (exact) mass is 492 g/mol. The van der Waals surface area contributed by atoms with Gasteiger partial charge in [-0.15, -0.1) is 0 Å². The summed E-state index contributed by atoms with van der Waals surface area (Å²) in [5, 5.41) is 12.4. The molecule has 0 saturated carbocycles. The first kappa shape index (κ1) is 23.9. The molecule has 0 radical (unpaired) electrons. The smallest absolute Gasteiger partial charge is 0.337 e. The molecular weight excluding hydrogens is 468 g/mol. The standard InChI is InChI=1S/C27H24O5S2/c1-32-27(29)20-13-11-19(12-14-20)18-34(30,31)16-15-21-17-25(33-22-7-3-2-4-8-22)26(28)24-10-6-5-9-23(21)24/h2-14,17,28H,15-16,18H2,1H3. The fourth-order valence-corrected chi connectivity index (χ4v) is 6.08. The van der Waals surface area contributed by atoms with Crippen molar-refractivity contribution in [1.82, 2.24) is 0 Å². The molecule has 0 heterocycles. The molecule has 0 spiro atoms. The number of rotatable bonds is 8. The normalized spacial score (nSPS) is 11.4. The zero-order valence-electron chi connectivity index (χ0n) is 18.6. The number of hydrogen-bond acceptors (Lipinski definition) is 6. The van der Waals surface area contributed by atoms with E-state index in [9.17, 15) is 18.3 Å². The zero-order valence-corrected chi connectivity index (χ0v) is 20.2. The number of carbonyl (C=O) groups excluding carboxylic acids is 1. The molecule has 1 N–H and O–H groups in total. The third-order valence-electron chi connectivity index (χ3n) is 5.48. The molecule has 0 atom stereocenters. The van der Waals surface area contributed by atoms with Crippen molar-refractivity contribution in [3.63, 3.8) is 0 Å². The van der Waals surface area contributed by atoms with Crippen molar-refractivity contribution in [3.05, 3.63) is 102 Å². The van der Waals surface area contributed by atoms with Crippen LogP contribution in [0.1, 0.15) is 21.5 Å². The number of esters is 1. The summed E-state index contributed by atoms with van der Waals surface area (Å²) < 4.78 is 30.4. The second kappa shape index (κ2) is 10.3. The minimum Gasteiger partial charge on any atom is -0.506 e. The third-order valence-corrected chi connectivity index (χ3v) is 8.12. The number of sulfone groups is 1. The number of fused-ring (bicyclic) bond motifs is 1. The molecule has 4 aromatic rings. The van der Waals surface area contributed by atoms with Gasteiger partial charge in [0.05, 0.1) is 29.1 Å². The Balaban J connectivity index is 1.56. The quantitative estimate of drug-likeness (QED) is 0.321. The van der Waals surface area contributed by atoms with Gasteiger partial charge in [-0.05, 0) is 53.3 Å². The lowest BCUT2D eigenvalue weighted by Crippen LogP contribution is -2.12. The third kappa shape index (κ3) is 5.61. The first-order chi connectivity index (χ1) is 16.4. The second-order valence-electron chi connectivity index (χ2n) is 7.87. The molecule has 0 unspecified atom stereocenters. The summed E-state index contributed by atoms with van der Waals surface area (Å²) in [5.74, 6) is -0.411. The van der Waals surface area contributed by atoms with E-state index in [4.69, 9.17) is 0 Å². The number of carbonyl (C=O) groups is 1. The van der Waals surface area contributed by atoms with Crippen LogP contribution in [0.3, 0.4) is 0 Å². The lowest BCUT2D eigenvalue weighted by molar-refractivity contribution is 0.0600. The number of phenols is 1. The van der Waals surface area contributed by atoms with Gasteiger partial charge < -0.3 is 9.84 Å². The number of phenolic OH excluding ortho intramolecular Hbond substituents is 1. The second-order valence-corrected chi connectivity index (χ2v) is 11.2. The fraction of sp³-hybridized carbons (Fsp3) is 0.148. The molecule has 5 nitrogen and oxygen atoms in total. The van der Waals surface area contributed by atoms with Crippen molar-refractivity contribution in [2.45, 2.75) is 22.0 Å². The van der Waals surface area contributed by atoms with Crippen molar-refractivity contribution in [1.29, 1.82) is 0 Å². The summed E-state index contributed by atoms with van der Waals surface area (Å²) in [5.41, 5.74) is 1.86. The van der Waals surface area contributed by atoms with Crippen LogP contribution in [-0.4, -0.2) is 32.4 Å². The summed E-state index contributed by atoms with van der Waals surface area (Å²) in [4.78, 5) is 13.3. The van der Waals surface area contributed by atoms with Crippen LogP contribution in [0.2, 0.25) is 0 Å². The molecule has 0 aliphatic carbocycles. The van der Waals surface area contributed by atoms with Crippen LogP contribution in [0.15, 0.2) is 94.7 Å². The van der Waals surface area contributed by atoms with Gasteiger partial charge in [-0.1, -0.05) is 66.4 Å². The van der Waals surface area contributed by atoms with Gasteiger partial charge in [-0.2, -0.15) is 0 Å². The van der Waals surface area contributed by atoms with Gasteiger partial charge in [0, 0.05) is 10.3 Å². The Morgan fingerprint density at radius 1 is 0.912 bits per heavy atom. The number of methoxy groups -OCH3 is 1. The molecule has 0 bridgehead atoms. The van der Waals surface area contributed by atoms with E-state index in [2.05, 4.69) is 4.74 Å². The van der Waals surface area contributed by atoms with E-state index in [0.717, 1.165) is 15.8 Å². The van der Waals surface area contributed by atoms with Gasteiger partial charge in [0.15, 0.2) is 9.84 Å². The first-order valence-electron chi connectivity index (χ1n) is 10.7. The maximum atomic E-state index is 12.9. The summed E-state index contributed by atoms with van der Waals surface area (Å²) in [6.45, 7) is 0. The fourth-order valence-electron chi connectivity index (χ4n) is 3.75. The average Bonchev–Trinajstić information content (AvgIpc) is 2.85. The molecule has 4 rings (SSSR count). The summed E-state index contributed by atoms with van der Waals surface area (Å²) in [7, 11) is -2.10. The Morgan fingerprint density at radius 3 is 2.24 bits per heavy atom. The van der Waals surface area contributed by atoms with Gasteiger partial charge in [-0.25, -0.2) is 13.2 Å². The van der Waals surface area contributed by atoms with Crippen LogP contribution in [0.25, 0.3) is 10.8 Å². The minimum atomic E-state index is -3.41. The predicted molar refractivity (Wildman–Crippen MR) is 135 cm³/mol. The van der Waals surface area contributed by atoms with Gasteiger partial charge >= 0.3 is 5.97 Å². The van der Waals surface area contributed by atoms with Crippen LogP contribution >= 0.6 is 11.8 Å². The van der Waals surface area contributed by atoms with E-state index in [1.54, 1.807) is 24.3 Å². The molecule has 0 aliphatic rings. The van der Waals surface area contributed by atoms with Crippen molar-refractivity contribution in [3.8, 4) is 5.75 Å². The minimum absolute atomic E-state index is 0.0318. The van der Waals surface area contributed by atoms with E-state index in [1.165, 1.54) is 18.9 Å². The summed E-state index contributed by atoms with van der Waals surface area (Å²) in [6.07, 6.45) is 0.325. The summed E-state index contributed by atoms with van der Waals surface area (Å²) >= 11 is 1.45. The number of ether oxygens (including phenoxy) is 1. The van der Waals surface area contributed by atoms with Crippen LogP contribution < -0.4 is 0 Å². The molecule has 174 valence electrons. The average molecular weight is 493 g/mol. The van der Waals surface area contributed by atoms with Gasteiger partial charge in [-0.3, -0.25) is 0 Å². The SMILES string of the molecule is COC(=O)c1ccc(CS(=O)(=O)CCc2cc(Sc3ccccc3)c(O)c3ccccc23)cc1. The van der Waals surface area contributed by atoms with Gasteiger partial charge in [0.2, 0.25) is 0 Å². The van der Waals surface area contributed by atoms with Crippen molar-refractivity contribution >= 4 is 38.3 Å². The Kier molecular flexibility index (Phi) is 7.24. The topological polar surface area (TPSA) is 80.7 Å². The maximum Gasteiger partial charge on any atom is 0.337 e. The number of aryl methyl sites for hydroxylation is 1. The molecule has 34 heavy (non-hydrogen) atoms. The zero-order chi connectivity index (χ0) is 24.1. The number of aromatic hydroxyl groups is 1. The first-order valence-corrected chi connectivity index (χ1v) is 13.3. The number of benzene rings is 4. The van der Waals surface area contributed by atoms with Crippen LogP contribution in [0.5, 0.6) is 5.75 Å². The van der Waals surface area contributed by atoms with E-state index >= 15 is 0 Å². The Morgan fingerprint density at radius 2 is 1.56 bits per heavy atom. The number of hydrogen-bond donors (Lipinski definition) is 1. The lowest BCUT2D eigenvalue weighted by Gasteiger charge is -2.13. The van der Waals surface area contributed by atoms with E-state index in [1.807, 2.05) is 60.7 Å². The molecule has 7 heteroatoms. The Bertz CT molecular complexity index is 1410. The molecule has 4 aromatic carbocycles. The van der Waals surface area contributed by atoms with E-state index < -0.39 is 15.8 Å². The molecule has 0 aromatic heterocycles. The molecule has 0 saturated heterocycles. The predicted octanol–water partition coefficient (Wildman–Crippen LogP) is 5.64. The van der Waals surface area contributed by atoms with Crippen molar-refractivity contribution < 1.29 is 23.1 Å². The van der Waals surface area contributed by atoms with Crippen LogP contribution in [-0.2, 0) is 26.7 Å². The van der Waals surface area contributed by atoms with Crippen molar-refractivity contribution in [2.24, 2.45) is 0 Å². The highest BCUT2D eigenvalue weighted by molar-refractivity contribution is 7.99. The van der Waals surface area contributed by atoms with Crippen molar-refractivity contribution in [2.75, 3.05) is 12.9 Å². The maximum absolute atomic E-state index is 12.9. The highest BCUT2D eigenvalue weighted by Gasteiger charge is 2.17. The van der Waals surface area contributed by atoms with E-state index in [-0.39, 0.29) is 17.3 Å². The molecular formula is C27H24O5S2. The largest absolute Gasteiger partial charge is 0.506 e. The Hall–Kier alpha value is -3.29. The highest BCUT2D eigenvalue weighted by Crippen LogP contribution is 2.40. The van der Waals surface area contributed by atoms with Crippen LogP contribution in [0, 0.1) is 0 Å². The molecule has 0 fully saturated rings. The highest BCUT2D eigenvalue weighted by atomic mass is 32.2. The molecule has 0 aliphatic heterocycles. The lowest BCUT2D eigenvalue weighted by atomic mass is 10.0. The van der Waals surface area contributed by atoms with Crippen LogP contribution in [0.4, 0.5) is 0 Å².